The Balaban J connectivity index is 1.30. The van der Waals surface area contributed by atoms with Gasteiger partial charge in [-0.3, -0.25) is 19.7 Å². The van der Waals surface area contributed by atoms with E-state index >= 15 is 0 Å². The fourth-order valence-corrected chi connectivity index (χ4v) is 5.65. The molecule has 2 amide bonds. The van der Waals surface area contributed by atoms with Gasteiger partial charge in [-0.25, -0.2) is 4.98 Å². The standard InChI is InChI=1S/C34H39N5O4/c1-3-24(2)32(36-33(40)18-30-19-35-23-38(30)20-25-14-16-29(17-15-25)39(42)43)22-37(34(41)27-10-7-11-27)21-28-12-6-9-26-8-4-5-13-31(26)28/h4-6,8-9,12-17,19,23-24,27,32H,3,7,10-11,18,20-22H2,1-2H3,(H,36,40)/t24?,32-/m1/s1. The van der Waals surface area contributed by atoms with Crippen LogP contribution < -0.4 is 5.32 Å². The van der Waals surface area contributed by atoms with Crippen LogP contribution in [-0.2, 0) is 29.1 Å². The van der Waals surface area contributed by atoms with Gasteiger partial charge in [0.25, 0.3) is 5.69 Å². The fourth-order valence-electron chi connectivity index (χ4n) is 5.65. The molecule has 1 N–H and O–H groups in total. The lowest BCUT2D eigenvalue weighted by atomic mass is 9.84. The van der Waals surface area contributed by atoms with Crippen LogP contribution in [0.4, 0.5) is 5.69 Å². The molecule has 9 nitrogen and oxygen atoms in total. The zero-order valence-electron chi connectivity index (χ0n) is 24.8. The Morgan fingerprint density at radius 2 is 1.84 bits per heavy atom. The number of benzene rings is 3. The molecule has 0 saturated heterocycles. The number of hydrogen-bond donors (Lipinski definition) is 1. The molecule has 4 aromatic rings. The second kappa shape index (κ2) is 13.6. The Labute approximate surface area is 252 Å². The number of carbonyl (C=O) groups excluding carboxylic acids is 2. The van der Waals surface area contributed by atoms with Gasteiger partial charge in [0.2, 0.25) is 11.8 Å². The number of carbonyl (C=O) groups is 2. The van der Waals surface area contributed by atoms with Crippen molar-refractivity contribution in [2.75, 3.05) is 6.54 Å². The van der Waals surface area contributed by atoms with Crippen molar-refractivity contribution in [1.29, 1.82) is 0 Å². The highest BCUT2D eigenvalue weighted by Crippen LogP contribution is 2.30. The molecule has 43 heavy (non-hydrogen) atoms. The van der Waals surface area contributed by atoms with Crippen LogP contribution in [0.25, 0.3) is 10.8 Å². The number of fused-ring (bicyclic) bond motifs is 1. The number of hydrogen-bond acceptors (Lipinski definition) is 5. The molecule has 3 aromatic carbocycles. The summed E-state index contributed by atoms with van der Waals surface area (Å²) in [4.78, 5) is 43.9. The predicted molar refractivity (Wildman–Crippen MR) is 166 cm³/mol. The first-order valence-electron chi connectivity index (χ1n) is 15.1. The summed E-state index contributed by atoms with van der Waals surface area (Å²) in [7, 11) is 0. The van der Waals surface area contributed by atoms with Crippen LogP contribution in [0.3, 0.4) is 0 Å². The molecule has 1 fully saturated rings. The number of nitrogens with zero attached hydrogens (tertiary/aromatic N) is 4. The highest BCUT2D eigenvalue weighted by Gasteiger charge is 2.32. The molecule has 1 aromatic heterocycles. The van der Waals surface area contributed by atoms with Gasteiger partial charge in [-0.15, -0.1) is 0 Å². The number of amides is 2. The van der Waals surface area contributed by atoms with E-state index in [4.69, 9.17) is 0 Å². The van der Waals surface area contributed by atoms with Crippen molar-refractivity contribution in [3.8, 4) is 0 Å². The quantitative estimate of drug-likeness (QED) is 0.156. The molecule has 1 unspecified atom stereocenters. The van der Waals surface area contributed by atoms with Gasteiger partial charge >= 0.3 is 0 Å². The maximum Gasteiger partial charge on any atom is 0.269 e. The van der Waals surface area contributed by atoms with Crippen LogP contribution in [0.2, 0.25) is 0 Å². The average Bonchev–Trinajstić information content (AvgIpc) is 3.41. The molecular weight excluding hydrogens is 542 g/mol. The molecule has 0 radical (unpaired) electrons. The van der Waals surface area contributed by atoms with Crippen LogP contribution in [0.1, 0.15) is 56.4 Å². The van der Waals surface area contributed by atoms with Crippen molar-refractivity contribution in [2.24, 2.45) is 11.8 Å². The maximum atomic E-state index is 13.7. The molecule has 9 heteroatoms. The highest BCUT2D eigenvalue weighted by atomic mass is 16.6. The number of nitrogens with one attached hydrogen (secondary N) is 1. The smallest absolute Gasteiger partial charge is 0.269 e. The van der Waals surface area contributed by atoms with Crippen LogP contribution in [0, 0.1) is 22.0 Å². The Morgan fingerprint density at radius 1 is 1.09 bits per heavy atom. The second-order valence-electron chi connectivity index (χ2n) is 11.7. The SMILES string of the molecule is CCC(C)[C@@H](CN(Cc1cccc2ccccc12)C(=O)C1CCC1)NC(=O)Cc1cncn1Cc1ccc([N+](=O)[O-])cc1. The Kier molecular flexibility index (Phi) is 9.49. The van der Waals surface area contributed by atoms with Crippen molar-refractivity contribution >= 4 is 28.3 Å². The molecule has 5 rings (SSSR count). The fraction of sp³-hybridized carbons (Fsp3) is 0.382. The van der Waals surface area contributed by atoms with E-state index in [9.17, 15) is 19.7 Å². The van der Waals surface area contributed by atoms with Gasteiger partial charge in [-0.05, 0) is 40.7 Å². The van der Waals surface area contributed by atoms with E-state index in [1.165, 1.54) is 12.1 Å². The summed E-state index contributed by atoms with van der Waals surface area (Å²) >= 11 is 0. The first-order valence-corrected chi connectivity index (χ1v) is 15.1. The number of nitro benzene ring substituents is 1. The average molecular weight is 582 g/mol. The zero-order chi connectivity index (χ0) is 30.3. The molecule has 2 atom stereocenters. The molecule has 0 spiro atoms. The summed E-state index contributed by atoms with van der Waals surface area (Å²) in [6.45, 7) is 5.62. The molecule has 1 heterocycles. The van der Waals surface area contributed by atoms with Crippen LogP contribution in [-0.4, -0.2) is 43.8 Å². The number of rotatable bonds is 13. The summed E-state index contributed by atoms with van der Waals surface area (Å²) in [5, 5.41) is 16.5. The number of non-ortho nitro benzene ring substituents is 1. The molecule has 0 aliphatic heterocycles. The van der Waals surface area contributed by atoms with Crippen molar-refractivity contribution in [3.63, 3.8) is 0 Å². The van der Waals surface area contributed by atoms with Gasteiger partial charge in [0.1, 0.15) is 0 Å². The third kappa shape index (κ3) is 7.28. The van der Waals surface area contributed by atoms with Crippen molar-refractivity contribution in [3.05, 3.63) is 106 Å². The third-order valence-electron chi connectivity index (χ3n) is 8.74. The minimum atomic E-state index is -0.423. The van der Waals surface area contributed by atoms with E-state index < -0.39 is 4.92 Å². The van der Waals surface area contributed by atoms with Crippen LogP contribution in [0.5, 0.6) is 0 Å². The highest BCUT2D eigenvalue weighted by molar-refractivity contribution is 5.86. The van der Waals surface area contributed by atoms with E-state index in [1.54, 1.807) is 24.7 Å². The number of nitro groups is 1. The molecule has 224 valence electrons. The molecule has 1 saturated carbocycles. The van der Waals surface area contributed by atoms with E-state index in [1.807, 2.05) is 27.7 Å². The molecular formula is C34H39N5O4. The summed E-state index contributed by atoms with van der Waals surface area (Å²) in [5.41, 5.74) is 2.77. The summed E-state index contributed by atoms with van der Waals surface area (Å²) < 4.78 is 1.88. The summed E-state index contributed by atoms with van der Waals surface area (Å²) in [5.74, 6) is 0.259. The zero-order valence-corrected chi connectivity index (χ0v) is 24.8. The summed E-state index contributed by atoms with van der Waals surface area (Å²) in [6, 6.07) is 20.6. The number of aromatic nitrogens is 2. The van der Waals surface area contributed by atoms with Gasteiger partial charge in [0.05, 0.1) is 17.7 Å². The van der Waals surface area contributed by atoms with Gasteiger partial charge in [-0.2, -0.15) is 0 Å². The van der Waals surface area contributed by atoms with E-state index in [-0.39, 0.29) is 41.8 Å². The Hall–Kier alpha value is -4.53. The lowest BCUT2D eigenvalue weighted by Crippen LogP contribution is -2.50. The van der Waals surface area contributed by atoms with Crippen molar-refractivity contribution in [2.45, 2.75) is 65.1 Å². The maximum absolute atomic E-state index is 13.7. The summed E-state index contributed by atoms with van der Waals surface area (Å²) in [6.07, 6.45) is 7.27. The second-order valence-corrected chi connectivity index (χ2v) is 11.7. The Morgan fingerprint density at radius 3 is 2.53 bits per heavy atom. The minimum Gasteiger partial charge on any atom is -0.351 e. The first-order chi connectivity index (χ1) is 20.8. The largest absolute Gasteiger partial charge is 0.351 e. The molecule has 1 aliphatic rings. The van der Waals surface area contributed by atoms with Gasteiger partial charge < -0.3 is 14.8 Å². The first kappa shape index (κ1) is 29.9. The third-order valence-corrected chi connectivity index (χ3v) is 8.74. The van der Waals surface area contributed by atoms with E-state index in [0.29, 0.717) is 19.6 Å². The lowest BCUT2D eigenvalue weighted by Gasteiger charge is -2.36. The van der Waals surface area contributed by atoms with Gasteiger partial charge in [-0.1, -0.05) is 81.3 Å². The normalized spacial score (nSPS) is 14.6. The molecule has 0 bridgehead atoms. The van der Waals surface area contributed by atoms with Crippen molar-refractivity contribution in [1.82, 2.24) is 19.8 Å². The van der Waals surface area contributed by atoms with Crippen LogP contribution >= 0.6 is 0 Å². The van der Waals surface area contributed by atoms with Crippen LogP contribution in [0.15, 0.2) is 79.3 Å². The molecule has 1 aliphatic carbocycles. The Bertz CT molecular complexity index is 1570. The number of imidazole rings is 1. The predicted octanol–water partition coefficient (Wildman–Crippen LogP) is 5.90. The lowest BCUT2D eigenvalue weighted by molar-refractivity contribution is -0.384. The minimum absolute atomic E-state index is 0.0374. The van der Waals surface area contributed by atoms with E-state index in [0.717, 1.165) is 53.3 Å². The topological polar surface area (TPSA) is 110 Å². The monoisotopic (exact) mass is 581 g/mol. The van der Waals surface area contributed by atoms with E-state index in [2.05, 4.69) is 48.4 Å². The van der Waals surface area contributed by atoms with Gasteiger partial charge in [0.15, 0.2) is 0 Å². The van der Waals surface area contributed by atoms with Gasteiger partial charge in [0, 0.05) is 55.6 Å². The van der Waals surface area contributed by atoms with Crippen molar-refractivity contribution < 1.29 is 14.5 Å².